The van der Waals surface area contributed by atoms with E-state index >= 15 is 24.0 Å². The van der Waals surface area contributed by atoms with E-state index in [1.54, 1.807) is 34.7 Å². The summed E-state index contributed by atoms with van der Waals surface area (Å²) in [5.74, 6) is -8.90. The van der Waals surface area contributed by atoms with E-state index in [-0.39, 0.29) is 101 Å². The van der Waals surface area contributed by atoms with E-state index in [4.69, 9.17) is 16.3 Å². The number of benzene rings is 2. The largest absolute Gasteiger partial charge is 0.417 e. The van der Waals surface area contributed by atoms with Gasteiger partial charge in [0.2, 0.25) is 65.0 Å². The first kappa shape index (κ1) is 81.7. The molecule has 7 rings (SSSR count). The number of ether oxygens (including phenoxy) is 1. The van der Waals surface area contributed by atoms with Crippen LogP contribution in [0.1, 0.15) is 168 Å². The van der Waals surface area contributed by atoms with Gasteiger partial charge in [0.15, 0.2) is 0 Å². The molecule has 11 amide bonds. The van der Waals surface area contributed by atoms with Crippen molar-refractivity contribution in [3.05, 3.63) is 69.7 Å². The first-order valence-electron chi connectivity index (χ1n) is 35.7. The summed E-state index contributed by atoms with van der Waals surface area (Å²) in [6.07, 6.45) is -6.55. The number of rotatable bonds is 13. The number of aryl methyl sites for hydroxylation is 1. The molecule has 0 aromatic heterocycles. The third-order valence-corrected chi connectivity index (χ3v) is 21.5. The Hall–Kier alpha value is -7.56. The monoisotopic (exact) mass is 1460 g/mol. The van der Waals surface area contributed by atoms with Crippen LogP contribution < -0.4 is 21.3 Å². The van der Waals surface area contributed by atoms with E-state index in [0.29, 0.717) is 25.7 Å². The van der Waals surface area contributed by atoms with Gasteiger partial charge >= 0.3 is 12.4 Å². The normalized spacial score (nSPS) is 27.2. The maximum atomic E-state index is 15.4. The van der Waals surface area contributed by atoms with Crippen LogP contribution in [-0.4, -0.2) is 226 Å². The fourth-order valence-corrected chi connectivity index (χ4v) is 14.9. The molecule has 2 aromatic rings. The van der Waals surface area contributed by atoms with Crippen LogP contribution in [0.2, 0.25) is 5.02 Å². The third-order valence-electron chi connectivity index (χ3n) is 21.2. The molecular formula is C72H102ClF6N11O12. The van der Waals surface area contributed by atoms with E-state index in [9.17, 15) is 55.1 Å². The van der Waals surface area contributed by atoms with Gasteiger partial charge in [0.25, 0.3) is 0 Å². The van der Waals surface area contributed by atoms with Crippen molar-refractivity contribution in [2.75, 3.05) is 61.0 Å². The van der Waals surface area contributed by atoms with Gasteiger partial charge in [-0.3, -0.25) is 52.7 Å². The standard InChI is InChI=1S/C72H102ClF6N11O12/c1-13-42(6)59-63(95)80-44(8)64(96)89-33-30-53(89)67(99)88(14-2)56(37-46-22-26-48(27-23-46)71(74,75)76)66(98)84(9)40-57(91)81-52(29-25-45-24-28-50(51(73)36-45)72(77,78)79)65(97)90-39-49(102-15-3)38-55(90)62(94)83-70(31-19-32-70)69(101)87(12)60(47-20-17-16-18-21-47)68(100)85(10)43(7)35-58(92)86(11)54(34-41(4)5)61(93)82-59/h22-24,26-28,36,41-44,47,49,52-56,59-60H,13-21,25,29-35,37-40H2,1-12H3,(H,80,95)(H,81,91)(H,82,93)(H,83,94)/t42-,43+,44-,49+,52-,53-,54-,55-,56-,59-,60-/m0/s1. The molecule has 23 nitrogen and oxygen atoms in total. The molecule has 102 heavy (non-hydrogen) atoms. The quantitative estimate of drug-likeness (QED) is 0.149. The summed E-state index contributed by atoms with van der Waals surface area (Å²) in [6, 6.07) is -4.38. The Balaban J connectivity index is 1.30. The number of alkyl halides is 6. The van der Waals surface area contributed by atoms with Crippen molar-refractivity contribution >= 4 is 76.6 Å². The summed E-state index contributed by atoms with van der Waals surface area (Å²) in [6.45, 7) is 12.5. The zero-order chi connectivity index (χ0) is 75.6. The molecule has 2 saturated carbocycles. The minimum atomic E-state index is -4.81. The van der Waals surface area contributed by atoms with Crippen LogP contribution in [0.15, 0.2) is 42.5 Å². The minimum Gasteiger partial charge on any atom is -0.377 e. The Bertz CT molecular complexity index is 3370. The van der Waals surface area contributed by atoms with Crippen LogP contribution in [0.25, 0.3) is 0 Å². The second-order valence-electron chi connectivity index (χ2n) is 28.8. The average molecular weight is 1460 g/mol. The third kappa shape index (κ3) is 19.4. The van der Waals surface area contributed by atoms with Gasteiger partial charge in [0, 0.05) is 79.7 Å². The summed E-state index contributed by atoms with van der Waals surface area (Å²) < 4.78 is 89.4. The van der Waals surface area contributed by atoms with E-state index in [2.05, 4.69) is 21.3 Å². The molecule has 3 saturated heterocycles. The zero-order valence-electron chi connectivity index (χ0n) is 60.6. The van der Waals surface area contributed by atoms with Crippen molar-refractivity contribution in [3.8, 4) is 0 Å². The van der Waals surface area contributed by atoms with Gasteiger partial charge in [0.1, 0.15) is 53.9 Å². The molecular weight excluding hydrogens is 1360 g/mol. The van der Waals surface area contributed by atoms with Crippen molar-refractivity contribution in [1.82, 2.24) is 55.6 Å². The van der Waals surface area contributed by atoms with Crippen LogP contribution in [0.3, 0.4) is 0 Å². The molecule has 4 N–H and O–H groups in total. The Labute approximate surface area is 598 Å². The number of likely N-dealkylation sites (N-methyl/N-ethyl adjacent to an activating group) is 5. The van der Waals surface area contributed by atoms with E-state index in [0.717, 1.165) is 71.5 Å². The first-order valence-corrected chi connectivity index (χ1v) is 36.1. The van der Waals surface area contributed by atoms with Gasteiger partial charge in [-0.25, -0.2) is 0 Å². The molecule has 0 radical (unpaired) electrons. The maximum Gasteiger partial charge on any atom is 0.417 e. The highest BCUT2D eigenvalue weighted by Crippen LogP contribution is 2.39. The molecule has 0 bridgehead atoms. The van der Waals surface area contributed by atoms with E-state index < -0.39 is 178 Å². The minimum absolute atomic E-state index is 0.0233. The molecule has 2 aliphatic carbocycles. The number of amides is 11. The topological polar surface area (TPSA) is 268 Å². The number of hydrogen-bond donors (Lipinski definition) is 4. The Morgan fingerprint density at radius 2 is 1.31 bits per heavy atom. The summed E-state index contributed by atoms with van der Waals surface area (Å²) in [5, 5.41) is 10.6. The average Bonchev–Trinajstić information content (AvgIpc) is 1.32. The molecule has 3 aliphatic heterocycles. The number of carbonyl (C=O) groups is 11. The fourth-order valence-electron chi connectivity index (χ4n) is 14.6. The van der Waals surface area contributed by atoms with Gasteiger partial charge in [-0.05, 0) is 139 Å². The predicted octanol–water partition coefficient (Wildman–Crippen LogP) is 6.93. The lowest BCUT2D eigenvalue weighted by molar-refractivity contribution is -0.158. The molecule has 3 heterocycles. The van der Waals surface area contributed by atoms with Gasteiger partial charge < -0.3 is 60.3 Å². The fraction of sp³-hybridized carbons (Fsp3) is 0.681. The summed E-state index contributed by atoms with van der Waals surface area (Å²) in [7, 11) is 5.74. The lowest BCUT2D eigenvalue weighted by Crippen LogP contribution is -2.68. The van der Waals surface area contributed by atoms with Crippen molar-refractivity contribution in [1.29, 1.82) is 0 Å². The number of halogens is 7. The highest BCUT2D eigenvalue weighted by molar-refractivity contribution is 6.31. The summed E-state index contributed by atoms with van der Waals surface area (Å²) >= 11 is 6.15. The maximum absolute atomic E-state index is 15.4. The van der Waals surface area contributed by atoms with Crippen LogP contribution in [0.4, 0.5) is 26.3 Å². The van der Waals surface area contributed by atoms with Crippen molar-refractivity contribution in [3.63, 3.8) is 0 Å². The van der Waals surface area contributed by atoms with E-state index in [1.165, 1.54) is 59.5 Å². The first-order chi connectivity index (χ1) is 47.9. The van der Waals surface area contributed by atoms with Crippen LogP contribution >= 0.6 is 11.6 Å². The number of nitrogens with one attached hydrogen (secondary N) is 4. The van der Waals surface area contributed by atoms with Gasteiger partial charge in [-0.2, -0.15) is 26.3 Å². The molecule has 566 valence electrons. The molecule has 1 spiro atoms. The lowest BCUT2D eigenvalue weighted by Gasteiger charge is -2.47. The Morgan fingerprint density at radius 1 is 0.667 bits per heavy atom. The second kappa shape index (κ2) is 34.8. The molecule has 30 heteroatoms. The van der Waals surface area contributed by atoms with Crippen LogP contribution in [-0.2, 0) is 82.7 Å². The second-order valence-corrected chi connectivity index (χ2v) is 29.2. The summed E-state index contributed by atoms with van der Waals surface area (Å²) in [5.41, 5.74) is -3.31. The zero-order valence-corrected chi connectivity index (χ0v) is 61.3. The highest BCUT2D eigenvalue weighted by Gasteiger charge is 2.54. The van der Waals surface area contributed by atoms with Crippen molar-refractivity contribution < 1.29 is 83.8 Å². The molecule has 11 atom stereocenters. The number of fused-ring (bicyclic) bond motifs is 2. The van der Waals surface area contributed by atoms with Gasteiger partial charge in [-0.15, -0.1) is 0 Å². The van der Waals surface area contributed by atoms with Crippen molar-refractivity contribution in [2.24, 2.45) is 17.8 Å². The molecule has 2 aromatic carbocycles. The smallest absolute Gasteiger partial charge is 0.377 e. The van der Waals surface area contributed by atoms with Crippen LogP contribution in [0, 0.1) is 17.8 Å². The Morgan fingerprint density at radius 3 is 1.86 bits per heavy atom. The van der Waals surface area contributed by atoms with Crippen LogP contribution in [0.5, 0.6) is 0 Å². The summed E-state index contributed by atoms with van der Waals surface area (Å²) in [4.78, 5) is 173. The number of hydrogen-bond acceptors (Lipinski definition) is 12. The van der Waals surface area contributed by atoms with Crippen molar-refractivity contribution in [2.45, 2.75) is 236 Å². The SMILES string of the molecule is CCO[C@@H]1C[C@H]2C(=O)NC3(CCC3)C(=O)N(C)[C@@H](C3CCCCC3)C(=O)N(C)[C@H](C)CC(=O)N(C)[C@@H](CC(C)C)C(=O)N[C@@H]([C@@H](C)CC)C(=O)N[C@@H](C)C(=O)N3CC[C@H]3C(=O)N(CC)[C@@H](Cc3ccc(C(F)(F)F)cc3)C(=O)N(C)CC(=O)N[C@@H](CCc3ccc(C(F)(F)F)c(Cl)c3)C(=O)N2C1. The number of nitrogens with zero attached hydrogens (tertiary/aromatic N) is 7. The van der Waals surface area contributed by atoms with Gasteiger partial charge in [-0.1, -0.05) is 83.2 Å². The van der Waals surface area contributed by atoms with E-state index in [1.807, 2.05) is 13.8 Å². The predicted molar refractivity (Wildman–Crippen MR) is 366 cm³/mol. The molecule has 5 fully saturated rings. The highest BCUT2D eigenvalue weighted by atomic mass is 35.5. The van der Waals surface area contributed by atoms with Gasteiger partial charge in [0.05, 0.1) is 28.8 Å². The molecule has 0 unspecified atom stereocenters. The number of carbonyl (C=O) groups excluding carboxylic acids is 11. The molecule has 5 aliphatic rings. The lowest BCUT2D eigenvalue weighted by atomic mass is 9.74. The Kier molecular flexibility index (Phi) is 27.9.